The predicted molar refractivity (Wildman–Crippen MR) is 159 cm³/mol. The van der Waals surface area contributed by atoms with Gasteiger partial charge in [-0.1, -0.05) is 47.6 Å². The van der Waals surface area contributed by atoms with E-state index in [9.17, 15) is 15.3 Å². The first kappa shape index (κ1) is 29.8. The minimum atomic E-state index is -0.499. The summed E-state index contributed by atoms with van der Waals surface area (Å²) in [6.07, 6.45) is 0. The number of aliphatic hydroxyl groups excluding tert-OH is 1. The van der Waals surface area contributed by atoms with E-state index in [1.54, 1.807) is 31.3 Å². The Morgan fingerprint density at radius 1 is 1.07 bits per heavy atom. The molecule has 0 aliphatic rings. The van der Waals surface area contributed by atoms with Crippen molar-refractivity contribution in [2.75, 3.05) is 38.8 Å². The second kappa shape index (κ2) is 14.0. The quantitative estimate of drug-likeness (QED) is 0.172. The van der Waals surface area contributed by atoms with Gasteiger partial charge >= 0.3 is 5.97 Å². The number of halogens is 1. The monoisotopic (exact) mass is 605 g/mol. The van der Waals surface area contributed by atoms with Crippen LogP contribution >= 0.6 is 34.7 Å². The zero-order valence-electron chi connectivity index (χ0n) is 22.1. The van der Waals surface area contributed by atoms with Crippen LogP contribution in [0.2, 0.25) is 5.02 Å². The van der Waals surface area contributed by atoms with Gasteiger partial charge in [0.2, 0.25) is 0 Å². The Hall–Kier alpha value is -4.13. The number of thioether (sulfide) groups is 1. The summed E-state index contributed by atoms with van der Waals surface area (Å²) in [5, 5.41) is 33.3. The van der Waals surface area contributed by atoms with Gasteiger partial charge in [-0.3, -0.25) is 4.79 Å². The Bertz CT molecular complexity index is 1610. The Kier molecular flexibility index (Phi) is 10.2. The molecule has 1 N–H and O–H groups in total. The van der Waals surface area contributed by atoms with Crippen LogP contribution in [0.3, 0.4) is 0 Å². The average molecular weight is 606 g/mol. The predicted octanol–water partition coefficient (Wildman–Crippen LogP) is 5.54. The van der Waals surface area contributed by atoms with Crippen molar-refractivity contribution in [2.45, 2.75) is 10.8 Å². The van der Waals surface area contributed by atoms with E-state index in [1.807, 2.05) is 29.6 Å². The summed E-state index contributed by atoms with van der Waals surface area (Å²) in [6, 6.07) is 18.7. The third-order valence-corrected chi connectivity index (χ3v) is 8.03. The Morgan fingerprint density at radius 2 is 1.76 bits per heavy atom. The molecule has 0 atom stereocenters. The molecule has 0 saturated heterocycles. The lowest BCUT2D eigenvalue weighted by molar-refractivity contribution is -0.138. The van der Waals surface area contributed by atoms with Crippen LogP contribution in [-0.4, -0.2) is 55.0 Å². The first-order chi connectivity index (χ1) is 19.9. The number of nitriles is 2. The van der Waals surface area contributed by atoms with Crippen LogP contribution in [0.1, 0.15) is 16.8 Å². The molecule has 4 rings (SSSR count). The van der Waals surface area contributed by atoms with Crippen LogP contribution < -0.4 is 9.64 Å². The standard InChI is InChI=1S/C29H24ClN5O4S2/c1-35(15-25(37)38-2)27-23(13-31)26(18-5-9-22(10-6-18)39-12-11-36)24(14-32)29(34-27)41-17-21-16-40-28(33-21)19-3-7-20(30)8-4-19/h3-10,16,36H,11-12,15,17H2,1-2H3. The molecule has 0 spiro atoms. The van der Waals surface area contributed by atoms with Crippen LogP contribution in [-0.2, 0) is 15.3 Å². The van der Waals surface area contributed by atoms with Crippen LogP contribution in [0.25, 0.3) is 21.7 Å². The number of aliphatic hydroxyl groups is 1. The number of carbonyl (C=O) groups excluding carboxylic acids is 1. The van der Waals surface area contributed by atoms with Gasteiger partial charge < -0.3 is 19.5 Å². The molecule has 0 aliphatic carbocycles. The molecule has 0 amide bonds. The highest BCUT2D eigenvalue weighted by Gasteiger charge is 2.25. The lowest BCUT2D eigenvalue weighted by Gasteiger charge is -2.22. The van der Waals surface area contributed by atoms with Crippen molar-refractivity contribution in [3.8, 4) is 39.6 Å². The Morgan fingerprint density at radius 3 is 2.39 bits per heavy atom. The van der Waals surface area contributed by atoms with Crippen molar-refractivity contribution >= 4 is 46.5 Å². The van der Waals surface area contributed by atoms with Gasteiger partial charge in [0.25, 0.3) is 0 Å². The van der Waals surface area contributed by atoms with E-state index in [0.29, 0.717) is 32.7 Å². The number of esters is 1. The number of pyridine rings is 1. The molecule has 2 aromatic carbocycles. The zero-order chi connectivity index (χ0) is 29.4. The molecular formula is C29H24ClN5O4S2. The van der Waals surface area contributed by atoms with E-state index in [0.717, 1.165) is 16.3 Å². The number of carbonyl (C=O) groups is 1. The minimum absolute atomic E-state index is 0.125. The summed E-state index contributed by atoms with van der Waals surface area (Å²) in [7, 11) is 2.92. The first-order valence-electron chi connectivity index (χ1n) is 12.2. The highest BCUT2D eigenvalue weighted by atomic mass is 35.5. The van der Waals surface area contributed by atoms with Gasteiger partial charge in [-0.2, -0.15) is 10.5 Å². The molecule has 4 aromatic rings. The van der Waals surface area contributed by atoms with Crippen molar-refractivity contribution in [1.29, 1.82) is 10.5 Å². The van der Waals surface area contributed by atoms with Gasteiger partial charge in [0.15, 0.2) is 0 Å². The molecule has 2 heterocycles. The number of hydrogen-bond donors (Lipinski definition) is 1. The van der Waals surface area contributed by atoms with Crippen molar-refractivity contribution < 1.29 is 19.4 Å². The maximum Gasteiger partial charge on any atom is 0.325 e. The average Bonchev–Trinajstić information content (AvgIpc) is 3.47. The maximum absolute atomic E-state index is 12.1. The second-order valence-corrected chi connectivity index (χ2v) is 10.8. The third kappa shape index (κ3) is 7.15. The number of aromatic nitrogens is 2. The number of hydrogen-bond acceptors (Lipinski definition) is 11. The number of nitrogens with zero attached hydrogens (tertiary/aromatic N) is 5. The summed E-state index contributed by atoms with van der Waals surface area (Å²) >= 11 is 8.83. The number of ether oxygens (including phenoxy) is 2. The zero-order valence-corrected chi connectivity index (χ0v) is 24.5. The Labute approximate surface area is 250 Å². The van der Waals surface area contributed by atoms with E-state index < -0.39 is 5.97 Å². The molecule has 12 heteroatoms. The topological polar surface area (TPSA) is 132 Å². The van der Waals surface area contributed by atoms with E-state index in [2.05, 4.69) is 17.1 Å². The smallest absolute Gasteiger partial charge is 0.325 e. The lowest BCUT2D eigenvalue weighted by atomic mass is 9.96. The molecule has 0 fully saturated rings. The van der Waals surface area contributed by atoms with E-state index in [-0.39, 0.29) is 36.7 Å². The third-order valence-electron chi connectivity index (χ3n) is 5.83. The highest BCUT2D eigenvalue weighted by molar-refractivity contribution is 7.98. The van der Waals surface area contributed by atoms with Crippen LogP contribution in [0.5, 0.6) is 5.75 Å². The number of methoxy groups -OCH3 is 1. The molecule has 41 heavy (non-hydrogen) atoms. The van der Waals surface area contributed by atoms with Crippen molar-refractivity contribution in [3.63, 3.8) is 0 Å². The van der Waals surface area contributed by atoms with Crippen LogP contribution in [0.4, 0.5) is 5.82 Å². The largest absolute Gasteiger partial charge is 0.491 e. The number of rotatable bonds is 11. The van der Waals surface area contributed by atoms with Crippen LogP contribution in [0.15, 0.2) is 58.9 Å². The molecular weight excluding hydrogens is 582 g/mol. The summed E-state index contributed by atoms with van der Waals surface area (Å²) in [4.78, 5) is 23.0. The van der Waals surface area contributed by atoms with E-state index >= 15 is 0 Å². The number of likely N-dealkylation sites (N-methyl/N-ethyl adjacent to an activating group) is 1. The van der Waals surface area contributed by atoms with Gasteiger partial charge in [-0.25, -0.2) is 9.97 Å². The molecule has 0 radical (unpaired) electrons. The van der Waals surface area contributed by atoms with E-state index in [4.69, 9.17) is 31.2 Å². The molecule has 2 aromatic heterocycles. The Balaban J connectivity index is 1.74. The summed E-state index contributed by atoms with van der Waals surface area (Å²) in [5.41, 5.74) is 3.14. The number of anilines is 1. The van der Waals surface area contributed by atoms with E-state index in [1.165, 1.54) is 35.1 Å². The highest BCUT2D eigenvalue weighted by Crippen LogP contribution is 2.39. The lowest BCUT2D eigenvalue weighted by Crippen LogP contribution is -2.28. The van der Waals surface area contributed by atoms with Gasteiger partial charge in [0.05, 0.1) is 25.0 Å². The molecule has 9 nitrogen and oxygen atoms in total. The van der Waals surface area contributed by atoms with Gasteiger partial charge in [-0.05, 0) is 29.8 Å². The molecule has 208 valence electrons. The molecule has 0 unspecified atom stereocenters. The minimum Gasteiger partial charge on any atom is -0.491 e. The molecule has 0 bridgehead atoms. The van der Waals surface area contributed by atoms with Crippen molar-refractivity contribution in [1.82, 2.24) is 9.97 Å². The number of thiazole rings is 1. The van der Waals surface area contributed by atoms with Gasteiger partial charge in [0, 0.05) is 34.3 Å². The maximum atomic E-state index is 12.1. The SMILES string of the molecule is COC(=O)CN(C)c1nc(SCc2csc(-c3ccc(Cl)cc3)n2)c(C#N)c(-c2ccc(OCCO)cc2)c1C#N. The van der Waals surface area contributed by atoms with Gasteiger partial charge in [-0.15, -0.1) is 11.3 Å². The fourth-order valence-electron chi connectivity index (χ4n) is 3.89. The summed E-state index contributed by atoms with van der Waals surface area (Å²) in [5.74, 6) is 0.702. The fourth-order valence-corrected chi connectivity index (χ4v) is 5.82. The molecule has 0 aliphatic heterocycles. The van der Waals surface area contributed by atoms with Gasteiger partial charge in [0.1, 0.15) is 52.5 Å². The summed E-state index contributed by atoms with van der Waals surface area (Å²) < 4.78 is 10.3. The van der Waals surface area contributed by atoms with Crippen molar-refractivity contribution in [3.05, 3.63) is 75.8 Å². The van der Waals surface area contributed by atoms with Crippen molar-refractivity contribution in [2.24, 2.45) is 0 Å². The second-order valence-electron chi connectivity index (χ2n) is 8.56. The summed E-state index contributed by atoms with van der Waals surface area (Å²) in [6.45, 7) is -0.126. The normalized spacial score (nSPS) is 10.5. The first-order valence-corrected chi connectivity index (χ1v) is 14.5. The molecule has 0 saturated carbocycles. The number of benzene rings is 2. The fraction of sp³-hybridized carbons (Fsp3) is 0.207. The van der Waals surface area contributed by atoms with Crippen LogP contribution in [0, 0.1) is 22.7 Å².